The summed E-state index contributed by atoms with van der Waals surface area (Å²) in [5, 5.41) is 24.2. The second-order valence-corrected chi connectivity index (χ2v) is 10.6. The number of nitriles is 1. The van der Waals surface area contributed by atoms with Gasteiger partial charge in [0.15, 0.2) is 0 Å². The molecule has 1 fully saturated rings. The number of hydrogen-bond acceptors (Lipinski definition) is 5. The lowest BCUT2D eigenvalue weighted by Gasteiger charge is -2.36. The molecule has 0 radical (unpaired) electrons. The van der Waals surface area contributed by atoms with Crippen molar-refractivity contribution >= 4 is 5.78 Å². The highest BCUT2D eigenvalue weighted by Crippen LogP contribution is 2.40. The molecule has 5 rings (SSSR count). The molecule has 190 valence electrons. The van der Waals surface area contributed by atoms with Crippen LogP contribution >= 0.6 is 0 Å². The smallest absolute Gasteiger partial charge is 0.259 e. The van der Waals surface area contributed by atoms with E-state index in [9.17, 15) is 15.2 Å². The van der Waals surface area contributed by atoms with E-state index in [4.69, 9.17) is 0 Å². The van der Waals surface area contributed by atoms with Gasteiger partial charge >= 0.3 is 0 Å². The number of nitrogens with zero attached hydrogens (tertiary/aromatic N) is 5. The SMILES string of the molecule is CCCc1c(Cc2ccc(-c3ccccc3)c(C#N)c2)c(=O)n(C2CCC(C)(CO)CC2)c2ncnn12. The zero-order valence-corrected chi connectivity index (χ0v) is 21.5. The van der Waals surface area contributed by atoms with Crippen molar-refractivity contribution in [1.29, 1.82) is 5.26 Å². The van der Waals surface area contributed by atoms with Gasteiger partial charge in [-0.2, -0.15) is 15.3 Å². The van der Waals surface area contributed by atoms with Gasteiger partial charge in [-0.15, -0.1) is 0 Å². The fourth-order valence-electron chi connectivity index (χ4n) is 5.66. The van der Waals surface area contributed by atoms with E-state index in [1.165, 1.54) is 6.33 Å². The monoisotopic (exact) mass is 495 g/mol. The van der Waals surface area contributed by atoms with Crippen molar-refractivity contribution in [2.24, 2.45) is 5.41 Å². The fourth-order valence-corrected chi connectivity index (χ4v) is 5.66. The number of benzene rings is 2. The average molecular weight is 496 g/mol. The van der Waals surface area contributed by atoms with Crippen LogP contribution in [0, 0.1) is 16.7 Å². The Labute approximate surface area is 217 Å². The van der Waals surface area contributed by atoms with Crippen molar-refractivity contribution in [3.63, 3.8) is 0 Å². The summed E-state index contributed by atoms with van der Waals surface area (Å²) in [6, 6.07) is 18.1. The molecule has 1 saturated carbocycles. The van der Waals surface area contributed by atoms with Crippen LogP contribution in [0.25, 0.3) is 16.9 Å². The van der Waals surface area contributed by atoms with Crippen LogP contribution in [0.2, 0.25) is 0 Å². The molecule has 2 heterocycles. The molecular formula is C30H33N5O2. The molecule has 0 bridgehead atoms. The Morgan fingerprint density at radius 2 is 1.92 bits per heavy atom. The normalized spacial score (nSPS) is 19.7. The molecule has 0 unspecified atom stereocenters. The highest BCUT2D eigenvalue weighted by Gasteiger charge is 2.33. The molecule has 1 aliphatic carbocycles. The fraction of sp³-hybridized carbons (Fsp3) is 0.400. The molecule has 0 amide bonds. The van der Waals surface area contributed by atoms with Crippen molar-refractivity contribution in [1.82, 2.24) is 19.2 Å². The van der Waals surface area contributed by atoms with Gasteiger partial charge in [-0.25, -0.2) is 4.52 Å². The first-order valence-electron chi connectivity index (χ1n) is 13.1. The Bertz CT molecular complexity index is 1500. The van der Waals surface area contributed by atoms with Gasteiger partial charge in [0.05, 0.1) is 17.3 Å². The molecule has 4 aromatic rings. The Morgan fingerprint density at radius 3 is 2.59 bits per heavy atom. The average Bonchev–Trinajstić information content (AvgIpc) is 3.41. The molecule has 37 heavy (non-hydrogen) atoms. The molecule has 0 spiro atoms. The van der Waals surface area contributed by atoms with E-state index in [2.05, 4.69) is 30.0 Å². The zero-order chi connectivity index (χ0) is 26.0. The highest BCUT2D eigenvalue weighted by molar-refractivity contribution is 5.71. The summed E-state index contributed by atoms with van der Waals surface area (Å²) in [5.41, 5.74) is 4.89. The quantitative estimate of drug-likeness (QED) is 0.385. The number of hydrogen-bond donors (Lipinski definition) is 1. The molecule has 1 N–H and O–H groups in total. The third kappa shape index (κ3) is 4.70. The van der Waals surface area contributed by atoms with Gasteiger partial charge in [-0.3, -0.25) is 9.36 Å². The van der Waals surface area contributed by atoms with Crippen LogP contribution in [0.15, 0.2) is 59.7 Å². The predicted octanol–water partition coefficient (Wildman–Crippen LogP) is 5.09. The Hall–Kier alpha value is -3.76. The summed E-state index contributed by atoms with van der Waals surface area (Å²) in [4.78, 5) is 18.6. The number of rotatable bonds is 7. The van der Waals surface area contributed by atoms with E-state index in [-0.39, 0.29) is 23.6 Å². The van der Waals surface area contributed by atoms with E-state index in [0.717, 1.165) is 54.5 Å². The molecule has 2 aromatic carbocycles. The molecule has 7 nitrogen and oxygen atoms in total. The van der Waals surface area contributed by atoms with Crippen LogP contribution in [-0.2, 0) is 12.8 Å². The Kier molecular flexibility index (Phi) is 6.94. The number of aliphatic hydroxyl groups excluding tert-OH is 1. The first-order chi connectivity index (χ1) is 18.0. The molecule has 0 atom stereocenters. The van der Waals surface area contributed by atoms with E-state index in [1.54, 1.807) is 0 Å². The molecule has 7 heteroatoms. The van der Waals surface area contributed by atoms with Gasteiger partial charge in [0.2, 0.25) is 5.78 Å². The van der Waals surface area contributed by atoms with Crippen molar-refractivity contribution in [3.8, 4) is 17.2 Å². The van der Waals surface area contributed by atoms with Crippen LogP contribution in [-0.4, -0.2) is 30.9 Å². The summed E-state index contributed by atoms with van der Waals surface area (Å²) in [6.45, 7) is 4.37. The molecule has 1 aliphatic rings. The maximum Gasteiger partial charge on any atom is 0.259 e. The predicted molar refractivity (Wildman–Crippen MR) is 143 cm³/mol. The van der Waals surface area contributed by atoms with E-state index in [0.29, 0.717) is 29.7 Å². The molecule has 0 aliphatic heterocycles. The minimum absolute atomic E-state index is 0.0170. The van der Waals surface area contributed by atoms with Crippen molar-refractivity contribution in [2.75, 3.05) is 6.61 Å². The maximum absolute atomic E-state index is 14.1. The zero-order valence-electron chi connectivity index (χ0n) is 21.5. The summed E-state index contributed by atoms with van der Waals surface area (Å²) in [7, 11) is 0. The Morgan fingerprint density at radius 1 is 1.16 bits per heavy atom. The largest absolute Gasteiger partial charge is 0.396 e. The third-order valence-corrected chi connectivity index (χ3v) is 7.89. The van der Waals surface area contributed by atoms with Gasteiger partial charge in [0, 0.05) is 24.6 Å². The van der Waals surface area contributed by atoms with Crippen LogP contribution < -0.4 is 5.56 Å². The van der Waals surface area contributed by atoms with Crippen molar-refractivity contribution in [2.45, 2.75) is 64.8 Å². The van der Waals surface area contributed by atoms with Crippen LogP contribution in [0.3, 0.4) is 0 Å². The molecule has 2 aromatic heterocycles. The van der Waals surface area contributed by atoms with Gasteiger partial charge < -0.3 is 5.11 Å². The van der Waals surface area contributed by atoms with Gasteiger partial charge in [-0.1, -0.05) is 62.7 Å². The van der Waals surface area contributed by atoms with E-state index < -0.39 is 0 Å². The topological polar surface area (TPSA) is 96.2 Å². The van der Waals surface area contributed by atoms with Gasteiger partial charge in [-0.05, 0) is 60.3 Å². The molecule has 0 saturated heterocycles. The second kappa shape index (κ2) is 10.3. The lowest BCUT2D eigenvalue weighted by molar-refractivity contribution is 0.0828. The van der Waals surface area contributed by atoms with Crippen molar-refractivity contribution in [3.05, 3.63) is 87.6 Å². The minimum Gasteiger partial charge on any atom is -0.396 e. The van der Waals surface area contributed by atoms with E-state index >= 15 is 0 Å². The number of fused-ring (bicyclic) bond motifs is 1. The highest BCUT2D eigenvalue weighted by atomic mass is 16.3. The number of aryl methyl sites for hydroxylation is 1. The number of aliphatic hydroxyl groups is 1. The summed E-state index contributed by atoms with van der Waals surface area (Å²) < 4.78 is 3.67. The van der Waals surface area contributed by atoms with Crippen LogP contribution in [0.1, 0.15) is 74.4 Å². The second-order valence-electron chi connectivity index (χ2n) is 10.6. The van der Waals surface area contributed by atoms with Crippen molar-refractivity contribution < 1.29 is 5.11 Å². The lowest BCUT2D eigenvalue weighted by atomic mass is 9.74. The standard InChI is InChI=1S/C30H33N5O2/c1-3-7-27-26(17-21-10-11-25(23(16-21)18-31)22-8-5-4-6-9-22)28(37)34(29-32-20-33-35(27)29)24-12-14-30(2,19-36)15-13-24/h4-6,8-11,16,20,24,36H,3,7,12-15,17,19H2,1-2H3. The minimum atomic E-state index is -0.0940. The first kappa shape index (κ1) is 24.9. The van der Waals surface area contributed by atoms with Crippen LogP contribution in [0.5, 0.6) is 0 Å². The van der Waals surface area contributed by atoms with Crippen LogP contribution in [0.4, 0.5) is 0 Å². The summed E-state index contributed by atoms with van der Waals surface area (Å²) in [5.74, 6) is 0.590. The molecular weight excluding hydrogens is 462 g/mol. The summed E-state index contributed by atoms with van der Waals surface area (Å²) >= 11 is 0. The first-order valence-corrected chi connectivity index (χ1v) is 13.1. The Balaban J connectivity index is 1.59. The number of aromatic nitrogens is 4. The third-order valence-electron chi connectivity index (χ3n) is 7.89. The maximum atomic E-state index is 14.1. The van der Waals surface area contributed by atoms with Gasteiger partial charge in [0.25, 0.3) is 5.56 Å². The summed E-state index contributed by atoms with van der Waals surface area (Å²) in [6.07, 6.45) is 6.89. The van der Waals surface area contributed by atoms with Gasteiger partial charge in [0.1, 0.15) is 6.33 Å². The lowest BCUT2D eigenvalue weighted by Crippen LogP contribution is -2.36. The van der Waals surface area contributed by atoms with E-state index in [1.807, 2.05) is 57.6 Å².